The summed E-state index contributed by atoms with van der Waals surface area (Å²) >= 11 is 0.784. The molecular formula is C21H21FN2O4S. The second-order valence-corrected chi connectivity index (χ2v) is 7.61. The van der Waals surface area contributed by atoms with Gasteiger partial charge in [0.15, 0.2) is 0 Å². The molecule has 0 aliphatic carbocycles. The number of thioether (sulfide) groups is 1. The Hall–Kier alpha value is -2.87. The van der Waals surface area contributed by atoms with Crippen molar-refractivity contribution in [3.05, 3.63) is 58.0 Å². The summed E-state index contributed by atoms with van der Waals surface area (Å²) in [6.45, 7) is 7.03. The number of ether oxygens (including phenoxy) is 1. The molecular weight excluding hydrogens is 395 g/mol. The molecule has 1 aromatic heterocycles. The van der Waals surface area contributed by atoms with Crippen molar-refractivity contribution in [2.45, 2.75) is 33.7 Å². The maximum atomic E-state index is 13.6. The van der Waals surface area contributed by atoms with Gasteiger partial charge < -0.3 is 9.30 Å². The minimum absolute atomic E-state index is 0.168. The van der Waals surface area contributed by atoms with E-state index in [-0.39, 0.29) is 17.3 Å². The Morgan fingerprint density at radius 1 is 1.28 bits per heavy atom. The van der Waals surface area contributed by atoms with Crippen LogP contribution >= 0.6 is 11.8 Å². The predicted molar refractivity (Wildman–Crippen MR) is 109 cm³/mol. The lowest BCUT2D eigenvalue weighted by Crippen LogP contribution is -2.42. The van der Waals surface area contributed by atoms with Gasteiger partial charge in [0.25, 0.3) is 11.1 Å². The fraction of sp³-hybridized carbons (Fsp3) is 0.286. The summed E-state index contributed by atoms with van der Waals surface area (Å²) < 4.78 is 20.4. The van der Waals surface area contributed by atoms with Gasteiger partial charge in [0.2, 0.25) is 0 Å². The molecule has 0 bridgehead atoms. The van der Waals surface area contributed by atoms with Gasteiger partial charge in [0.05, 0.1) is 11.5 Å². The number of hydrogen-bond donors (Lipinski definition) is 0. The number of halogens is 1. The van der Waals surface area contributed by atoms with Gasteiger partial charge in [-0.25, -0.2) is 9.18 Å². The highest BCUT2D eigenvalue weighted by molar-refractivity contribution is 8.18. The highest BCUT2D eigenvalue weighted by Gasteiger charge is 2.41. The fourth-order valence-corrected chi connectivity index (χ4v) is 4.17. The molecule has 1 atom stereocenters. The van der Waals surface area contributed by atoms with E-state index >= 15 is 0 Å². The maximum Gasteiger partial charge on any atom is 0.329 e. The lowest BCUT2D eigenvalue weighted by molar-refractivity contribution is -0.150. The van der Waals surface area contributed by atoms with E-state index in [1.807, 2.05) is 24.5 Å². The number of rotatable bonds is 5. The quantitative estimate of drug-likeness (QED) is 0.539. The first kappa shape index (κ1) is 20.9. The molecule has 2 aromatic rings. The highest BCUT2D eigenvalue weighted by atomic mass is 32.2. The summed E-state index contributed by atoms with van der Waals surface area (Å²) in [4.78, 5) is 38.1. The first-order valence-electron chi connectivity index (χ1n) is 9.13. The van der Waals surface area contributed by atoms with E-state index in [2.05, 4.69) is 0 Å². The molecule has 29 heavy (non-hydrogen) atoms. The van der Waals surface area contributed by atoms with Crippen LogP contribution in [0.15, 0.2) is 35.2 Å². The van der Waals surface area contributed by atoms with E-state index in [1.54, 1.807) is 25.1 Å². The first-order chi connectivity index (χ1) is 13.7. The van der Waals surface area contributed by atoms with Crippen LogP contribution < -0.4 is 0 Å². The number of carbonyl (C=O) groups is 3. The number of hydrogen-bond acceptors (Lipinski definition) is 5. The molecule has 1 aliphatic heterocycles. The van der Waals surface area contributed by atoms with Gasteiger partial charge in [-0.3, -0.25) is 14.5 Å². The number of nitrogens with zero attached hydrogens (tertiary/aromatic N) is 2. The third-order valence-corrected chi connectivity index (χ3v) is 5.55. The number of aromatic nitrogens is 1. The largest absolute Gasteiger partial charge is 0.464 e. The van der Waals surface area contributed by atoms with Gasteiger partial charge in [0, 0.05) is 17.1 Å². The van der Waals surface area contributed by atoms with E-state index < -0.39 is 23.2 Å². The number of carbonyl (C=O) groups excluding carboxylic acids is 3. The molecule has 8 heteroatoms. The van der Waals surface area contributed by atoms with Crippen molar-refractivity contribution in [1.82, 2.24) is 9.47 Å². The second-order valence-electron chi connectivity index (χ2n) is 6.62. The Balaban J connectivity index is 1.93. The summed E-state index contributed by atoms with van der Waals surface area (Å²) in [5.41, 5.74) is 3.07. The molecule has 1 fully saturated rings. The third kappa shape index (κ3) is 3.98. The van der Waals surface area contributed by atoms with Crippen molar-refractivity contribution in [2.75, 3.05) is 6.61 Å². The van der Waals surface area contributed by atoms with Crippen molar-refractivity contribution in [3.63, 3.8) is 0 Å². The molecule has 2 amide bonds. The topological polar surface area (TPSA) is 68.6 Å². The van der Waals surface area contributed by atoms with Gasteiger partial charge in [-0.15, -0.1) is 0 Å². The van der Waals surface area contributed by atoms with Crippen LogP contribution in [-0.2, 0) is 14.3 Å². The van der Waals surface area contributed by atoms with Crippen LogP contribution in [0.3, 0.4) is 0 Å². The van der Waals surface area contributed by atoms with Crippen LogP contribution in [0.5, 0.6) is 0 Å². The molecule has 1 aliphatic rings. The summed E-state index contributed by atoms with van der Waals surface area (Å²) in [5.74, 6) is -1.50. The smallest absolute Gasteiger partial charge is 0.329 e. The molecule has 3 rings (SSSR count). The Labute approximate surface area is 172 Å². The lowest BCUT2D eigenvalue weighted by Gasteiger charge is -2.19. The van der Waals surface area contributed by atoms with Gasteiger partial charge in [-0.1, -0.05) is 6.07 Å². The standard InChI is InChI=1S/C21H21FN2O4S/c1-5-28-20(26)14(4)24-19(25)18(29-21(24)27)10-15-9-12(2)23(13(15)3)17-8-6-7-16(22)11-17/h6-11,14H,5H2,1-4H3/b18-10+/t14-/m0/s1. The van der Waals surface area contributed by atoms with Gasteiger partial charge in [-0.05, 0) is 75.4 Å². The van der Waals surface area contributed by atoms with Gasteiger partial charge >= 0.3 is 5.97 Å². The zero-order valence-corrected chi connectivity index (χ0v) is 17.4. The van der Waals surface area contributed by atoms with Crippen molar-refractivity contribution >= 4 is 35.0 Å². The number of benzene rings is 1. The number of esters is 1. The molecule has 1 aromatic carbocycles. The van der Waals surface area contributed by atoms with Crippen LogP contribution in [0.2, 0.25) is 0 Å². The first-order valence-corrected chi connectivity index (χ1v) is 9.94. The van der Waals surface area contributed by atoms with Gasteiger partial charge in [-0.2, -0.15) is 0 Å². The van der Waals surface area contributed by atoms with Crippen LogP contribution in [-0.4, -0.2) is 39.2 Å². The van der Waals surface area contributed by atoms with Gasteiger partial charge in [0.1, 0.15) is 11.9 Å². The molecule has 0 spiro atoms. The van der Waals surface area contributed by atoms with E-state index in [0.29, 0.717) is 5.69 Å². The Kier molecular flexibility index (Phi) is 5.93. The van der Waals surface area contributed by atoms with Crippen molar-refractivity contribution in [1.29, 1.82) is 0 Å². The molecule has 6 nitrogen and oxygen atoms in total. The second kappa shape index (κ2) is 8.24. The zero-order valence-electron chi connectivity index (χ0n) is 16.6. The number of aryl methyl sites for hydroxylation is 1. The van der Waals surface area contributed by atoms with Crippen LogP contribution in [0.1, 0.15) is 30.8 Å². The SMILES string of the molecule is CCOC(=O)[C@H](C)N1C(=O)S/C(=C/c2cc(C)n(-c3cccc(F)c3)c2C)C1=O. The average Bonchev–Trinajstić information content (AvgIpc) is 3.09. The highest BCUT2D eigenvalue weighted by Crippen LogP contribution is 2.35. The zero-order chi connectivity index (χ0) is 21.3. The number of imide groups is 1. The Bertz CT molecular complexity index is 1030. The average molecular weight is 416 g/mol. The summed E-state index contributed by atoms with van der Waals surface area (Å²) in [7, 11) is 0. The van der Waals surface area contributed by atoms with E-state index in [1.165, 1.54) is 19.1 Å². The Morgan fingerprint density at radius 2 is 2.00 bits per heavy atom. The molecule has 152 valence electrons. The van der Waals surface area contributed by atoms with E-state index in [4.69, 9.17) is 4.74 Å². The fourth-order valence-electron chi connectivity index (χ4n) is 3.27. The third-order valence-electron chi connectivity index (χ3n) is 4.66. The van der Waals surface area contributed by atoms with Crippen LogP contribution in [0.4, 0.5) is 9.18 Å². The summed E-state index contributed by atoms with van der Waals surface area (Å²) in [5, 5.41) is -0.513. The molecule has 0 N–H and O–H groups in total. The van der Waals surface area contributed by atoms with E-state index in [9.17, 15) is 18.8 Å². The predicted octanol–water partition coefficient (Wildman–Crippen LogP) is 4.22. The lowest BCUT2D eigenvalue weighted by atomic mass is 10.2. The Morgan fingerprint density at radius 3 is 2.66 bits per heavy atom. The molecule has 1 saturated heterocycles. The maximum absolute atomic E-state index is 13.6. The summed E-state index contributed by atoms with van der Waals surface area (Å²) in [6.07, 6.45) is 1.63. The summed E-state index contributed by atoms with van der Waals surface area (Å²) in [6, 6.07) is 7.10. The minimum atomic E-state index is -0.993. The van der Waals surface area contributed by atoms with Crippen molar-refractivity contribution < 1.29 is 23.5 Å². The molecule has 0 unspecified atom stereocenters. The molecule has 0 radical (unpaired) electrons. The van der Waals surface area contributed by atoms with E-state index in [0.717, 1.165) is 33.6 Å². The normalized spacial score (nSPS) is 16.6. The molecule has 2 heterocycles. The monoisotopic (exact) mass is 416 g/mol. The number of amides is 2. The van der Waals surface area contributed by atoms with Crippen molar-refractivity contribution in [3.8, 4) is 5.69 Å². The molecule has 0 saturated carbocycles. The van der Waals surface area contributed by atoms with Crippen LogP contribution in [0, 0.1) is 19.7 Å². The minimum Gasteiger partial charge on any atom is -0.464 e. The van der Waals surface area contributed by atoms with Crippen molar-refractivity contribution in [2.24, 2.45) is 0 Å². The van der Waals surface area contributed by atoms with Crippen LogP contribution in [0.25, 0.3) is 11.8 Å².